The lowest BCUT2D eigenvalue weighted by molar-refractivity contribution is -0.133. The zero-order valence-corrected chi connectivity index (χ0v) is 19.7. The van der Waals surface area contributed by atoms with E-state index in [2.05, 4.69) is 21.2 Å². The molecule has 1 saturated heterocycles. The molecule has 1 fully saturated rings. The Labute approximate surface area is 187 Å². The van der Waals surface area contributed by atoms with E-state index in [1.165, 1.54) is 0 Å². The van der Waals surface area contributed by atoms with Crippen LogP contribution in [0, 0.1) is 0 Å². The molecule has 0 radical (unpaired) electrons. The topological polar surface area (TPSA) is 79.0 Å². The second kappa shape index (κ2) is 11.3. The van der Waals surface area contributed by atoms with Crippen molar-refractivity contribution < 1.29 is 19.1 Å². The van der Waals surface area contributed by atoms with E-state index in [1.54, 1.807) is 25.7 Å². The molecule has 1 N–H and O–H groups in total. The summed E-state index contributed by atoms with van der Waals surface area (Å²) in [6.07, 6.45) is 1.62. The van der Waals surface area contributed by atoms with Crippen LogP contribution < -0.4 is 5.32 Å². The summed E-state index contributed by atoms with van der Waals surface area (Å²) in [7, 11) is 0. The number of carbonyl (C=O) groups excluding carboxylic acids is 3. The van der Waals surface area contributed by atoms with E-state index in [0.717, 1.165) is 16.5 Å². The first kappa shape index (κ1) is 24.2. The Kier molecular flexibility index (Phi) is 9.14. The highest BCUT2D eigenvalue weighted by Crippen LogP contribution is 2.14. The number of ether oxygens (including phenoxy) is 1. The molecule has 166 valence electrons. The van der Waals surface area contributed by atoms with Gasteiger partial charge in [0.05, 0.1) is 0 Å². The number of aryl methyl sites for hydroxylation is 1. The molecular formula is C22H32BrN3O4. The molecule has 8 heteroatoms. The average Bonchev–Trinajstić information content (AvgIpc) is 2.91. The van der Waals surface area contributed by atoms with Gasteiger partial charge in [-0.05, 0) is 51.3 Å². The predicted octanol–water partition coefficient (Wildman–Crippen LogP) is 3.36. The van der Waals surface area contributed by atoms with Gasteiger partial charge >= 0.3 is 6.09 Å². The molecular weight excluding hydrogens is 450 g/mol. The molecule has 0 atom stereocenters. The highest BCUT2D eigenvalue weighted by Gasteiger charge is 2.22. The van der Waals surface area contributed by atoms with Gasteiger partial charge in [-0.3, -0.25) is 9.59 Å². The molecule has 2 rings (SSSR count). The van der Waals surface area contributed by atoms with E-state index >= 15 is 0 Å². The number of alkyl carbamates (subject to hydrolysis) is 1. The summed E-state index contributed by atoms with van der Waals surface area (Å²) < 4.78 is 6.18. The molecule has 7 nitrogen and oxygen atoms in total. The molecule has 1 aliphatic heterocycles. The third-order valence-electron chi connectivity index (χ3n) is 4.72. The third kappa shape index (κ3) is 8.73. The van der Waals surface area contributed by atoms with Crippen molar-refractivity contribution >= 4 is 33.8 Å². The third-order valence-corrected chi connectivity index (χ3v) is 5.22. The Hall–Kier alpha value is -2.09. The smallest absolute Gasteiger partial charge is 0.407 e. The SMILES string of the molecule is CC(C)(C)OC(=O)NCCC(=O)N1CCCN(C(=O)CCc2cccc(Br)c2)CC1. The highest BCUT2D eigenvalue weighted by atomic mass is 79.9. The van der Waals surface area contributed by atoms with E-state index in [1.807, 2.05) is 29.2 Å². The Balaban J connectivity index is 1.72. The van der Waals surface area contributed by atoms with E-state index < -0.39 is 11.7 Å². The van der Waals surface area contributed by atoms with Gasteiger partial charge in [0.25, 0.3) is 0 Å². The van der Waals surface area contributed by atoms with Crippen LogP contribution in [-0.4, -0.2) is 66.0 Å². The van der Waals surface area contributed by atoms with Crippen molar-refractivity contribution in [2.24, 2.45) is 0 Å². The maximum absolute atomic E-state index is 12.6. The van der Waals surface area contributed by atoms with Crippen molar-refractivity contribution in [1.29, 1.82) is 0 Å². The number of amides is 3. The minimum absolute atomic E-state index is 0.0190. The van der Waals surface area contributed by atoms with Crippen molar-refractivity contribution in [3.63, 3.8) is 0 Å². The summed E-state index contributed by atoms with van der Waals surface area (Å²) in [6.45, 7) is 7.97. The van der Waals surface area contributed by atoms with Crippen molar-refractivity contribution in [3.8, 4) is 0 Å². The Morgan fingerprint density at radius 2 is 1.67 bits per heavy atom. The first-order chi connectivity index (χ1) is 14.1. The van der Waals surface area contributed by atoms with Crippen LogP contribution in [0.4, 0.5) is 4.79 Å². The number of nitrogens with zero attached hydrogens (tertiary/aromatic N) is 2. The molecule has 1 heterocycles. The van der Waals surface area contributed by atoms with Gasteiger partial charge in [0.2, 0.25) is 11.8 Å². The maximum Gasteiger partial charge on any atom is 0.407 e. The molecule has 0 unspecified atom stereocenters. The van der Waals surface area contributed by atoms with Gasteiger partial charge in [0.15, 0.2) is 0 Å². The Morgan fingerprint density at radius 3 is 2.27 bits per heavy atom. The van der Waals surface area contributed by atoms with Crippen molar-refractivity contribution in [2.75, 3.05) is 32.7 Å². The molecule has 0 saturated carbocycles. The predicted molar refractivity (Wildman–Crippen MR) is 119 cm³/mol. The van der Waals surface area contributed by atoms with Crippen LogP contribution in [0.25, 0.3) is 0 Å². The summed E-state index contributed by atoms with van der Waals surface area (Å²) in [6, 6.07) is 7.99. The quantitative estimate of drug-likeness (QED) is 0.675. The molecule has 3 amide bonds. The molecule has 0 aliphatic carbocycles. The molecule has 0 spiro atoms. The van der Waals surface area contributed by atoms with Crippen LogP contribution in [0.5, 0.6) is 0 Å². The Morgan fingerprint density at radius 1 is 1.03 bits per heavy atom. The number of benzene rings is 1. The van der Waals surface area contributed by atoms with Gasteiger partial charge in [-0.15, -0.1) is 0 Å². The summed E-state index contributed by atoms with van der Waals surface area (Å²) >= 11 is 3.45. The van der Waals surface area contributed by atoms with E-state index in [4.69, 9.17) is 4.74 Å². The van der Waals surface area contributed by atoms with Gasteiger partial charge in [-0.2, -0.15) is 0 Å². The van der Waals surface area contributed by atoms with Crippen molar-refractivity contribution in [2.45, 2.75) is 52.1 Å². The second-order valence-electron chi connectivity index (χ2n) is 8.42. The maximum atomic E-state index is 12.6. The number of rotatable bonds is 6. The normalized spacial score (nSPS) is 14.8. The molecule has 1 aromatic rings. The first-order valence-electron chi connectivity index (χ1n) is 10.4. The number of nitrogens with one attached hydrogen (secondary N) is 1. The van der Waals surface area contributed by atoms with Crippen LogP contribution in [0.3, 0.4) is 0 Å². The van der Waals surface area contributed by atoms with E-state index in [-0.39, 0.29) is 24.8 Å². The average molecular weight is 482 g/mol. The fourth-order valence-corrected chi connectivity index (χ4v) is 3.71. The largest absolute Gasteiger partial charge is 0.444 e. The summed E-state index contributed by atoms with van der Waals surface area (Å²) in [5.74, 6) is 0.102. The lowest BCUT2D eigenvalue weighted by Gasteiger charge is -2.23. The minimum Gasteiger partial charge on any atom is -0.444 e. The van der Waals surface area contributed by atoms with Gasteiger partial charge < -0.3 is 19.9 Å². The number of halogens is 1. The molecule has 0 aromatic heterocycles. The van der Waals surface area contributed by atoms with Gasteiger partial charge in [0.1, 0.15) is 5.60 Å². The lowest BCUT2D eigenvalue weighted by atomic mass is 10.1. The standard InChI is InChI=1S/C22H32BrN3O4/c1-22(2,3)30-21(29)24-11-10-20(28)26-13-5-12-25(14-15-26)19(27)9-8-17-6-4-7-18(23)16-17/h4,6-7,16H,5,8-15H2,1-3H3,(H,24,29). The first-order valence-corrected chi connectivity index (χ1v) is 11.2. The fourth-order valence-electron chi connectivity index (χ4n) is 3.26. The molecule has 1 aromatic carbocycles. The van der Waals surface area contributed by atoms with Crippen LogP contribution in [-0.2, 0) is 20.7 Å². The minimum atomic E-state index is -0.564. The highest BCUT2D eigenvalue weighted by molar-refractivity contribution is 9.10. The number of carbonyl (C=O) groups is 3. The number of hydrogen-bond donors (Lipinski definition) is 1. The molecule has 0 bridgehead atoms. The van der Waals surface area contributed by atoms with Gasteiger partial charge in [-0.1, -0.05) is 28.1 Å². The van der Waals surface area contributed by atoms with Crippen LogP contribution >= 0.6 is 15.9 Å². The summed E-state index contributed by atoms with van der Waals surface area (Å²) in [5.41, 5.74) is 0.563. The van der Waals surface area contributed by atoms with Crippen LogP contribution in [0.15, 0.2) is 28.7 Å². The van der Waals surface area contributed by atoms with Crippen molar-refractivity contribution in [1.82, 2.24) is 15.1 Å². The monoisotopic (exact) mass is 481 g/mol. The van der Waals surface area contributed by atoms with E-state index in [0.29, 0.717) is 39.0 Å². The van der Waals surface area contributed by atoms with E-state index in [9.17, 15) is 14.4 Å². The second-order valence-corrected chi connectivity index (χ2v) is 9.34. The zero-order valence-electron chi connectivity index (χ0n) is 18.1. The van der Waals surface area contributed by atoms with Crippen LogP contribution in [0.2, 0.25) is 0 Å². The zero-order chi connectivity index (χ0) is 22.1. The Bertz CT molecular complexity index is 748. The molecule has 1 aliphatic rings. The fraction of sp³-hybridized carbons (Fsp3) is 0.591. The summed E-state index contributed by atoms with van der Waals surface area (Å²) in [4.78, 5) is 40.4. The van der Waals surface area contributed by atoms with Crippen molar-refractivity contribution in [3.05, 3.63) is 34.3 Å². The number of hydrogen-bond acceptors (Lipinski definition) is 4. The lowest BCUT2D eigenvalue weighted by Crippen LogP contribution is -2.39. The summed E-state index contributed by atoms with van der Waals surface area (Å²) in [5, 5.41) is 2.61. The van der Waals surface area contributed by atoms with Gasteiger partial charge in [0, 0.05) is 50.0 Å². The van der Waals surface area contributed by atoms with Crippen LogP contribution in [0.1, 0.15) is 45.6 Å². The van der Waals surface area contributed by atoms with Gasteiger partial charge in [-0.25, -0.2) is 4.79 Å². The molecule has 30 heavy (non-hydrogen) atoms.